The summed E-state index contributed by atoms with van der Waals surface area (Å²) in [5.74, 6) is 0. The normalized spacial score (nSPS) is 12.8. The van der Waals surface area contributed by atoms with Crippen molar-refractivity contribution in [1.29, 1.82) is 0 Å². The summed E-state index contributed by atoms with van der Waals surface area (Å²) < 4.78 is 2.60. The molecule has 0 saturated carbocycles. The van der Waals surface area contributed by atoms with Crippen LogP contribution in [-0.4, -0.2) is 11.3 Å². The molecule has 0 spiro atoms. The Morgan fingerprint density at radius 1 is 0.319 bits per heavy atom. The fourth-order valence-corrected chi connectivity index (χ4v) is 15.2. The Kier molecular flexibility index (Phi) is 17.2. The second-order valence-electron chi connectivity index (χ2n) is 29.0. The standard InChI is InChI=1S/C90H92BN3/c1-11-15-31-61-43-48-80-76(51-61)77-52-62(32-16-12-2)44-49-81(77)92(80)71-46-47-78-83(60-71)94(88-74(67-39-27-21-28-40-67)58-70(90(8,9)10)59-75(88)68-41-29-22-30-42-68)85-55-64(34-18-14-4)54-84-86(85)91(78)79-53-63(33-17-13-3)45-50-82(79)93(84)87-72(65-35-23-19-24-36-65)56-69(89(5,6)7)57-73(87)66-37-25-20-26-38-66/h19-30,35-60H,11-18,31-34H2,1-10H3. The highest BCUT2D eigenvalue weighted by molar-refractivity contribution is 7.00. The number of fused-ring (bicyclic) bond motifs is 7. The van der Waals surface area contributed by atoms with Crippen molar-refractivity contribution in [2.24, 2.45) is 0 Å². The van der Waals surface area contributed by atoms with Gasteiger partial charge in [-0.05, 0) is 213 Å². The van der Waals surface area contributed by atoms with E-state index >= 15 is 0 Å². The van der Waals surface area contributed by atoms with Gasteiger partial charge in [0.15, 0.2) is 0 Å². The Labute approximate surface area is 561 Å². The molecule has 11 aromatic carbocycles. The fraction of sp³-hybridized carbons (Fsp3) is 0.267. The summed E-state index contributed by atoms with van der Waals surface area (Å²) in [6.45, 7) is 23.4. The van der Waals surface area contributed by atoms with E-state index in [0.717, 1.165) is 51.4 Å². The van der Waals surface area contributed by atoms with Gasteiger partial charge in [0.05, 0.1) is 22.4 Å². The lowest BCUT2D eigenvalue weighted by atomic mass is 9.33. The third-order valence-corrected chi connectivity index (χ3v) is 20.3. The average molecular weight is 1230 g/mol. The molecule has 2 aliphatic heterocycles. The topological polar surface area (TPSA) is 11.4 Å². The maximum absolute atomic E-state index is 2.78. The van der Waals surface area contributed by atoms with Crippen molar-refractivity contribution in [2.45, 2.75) is 157 Å². The van der Waals surface area contributed by atoms with Crippen LogP contribution in [0.1, 0.15) is 154 Å². The van der Waals surface area contributed by atoms with Gasteiger partial charge in [-0.2, -0.15) is 0 Å². The molecule has 14 rings (SSSR count). The van der Waals surface area contributed by atoms with Crippen LogP contribution in [0, 0.1) is 0 Å². The van der Waals surface area contributed by atoms with E-state index < -0.39 is 0 Å². The van der Waals surface area contributed by atoms with E-state index in [4.69, 9.17) is 0 Å². The van der Waals surface area contributed by atoms with Gasteiger partial charge in [0.25, 0.3) is 6.71 Å². The highest BCUT2D eigenvalue weighted by Gasteiger charge is 2.46. The van der Waals surface area contributed by atoms with Gasteiger partial charge in [-0.15, -0.1) is 0 Å². The summed E-state index contributed by atoms with van der Waals surface area (Å²) in [5.41, 5.74) is 32.6. The number of rotatable bonds is 19. The van der Waals surface area contributed by atoms with E-state index in [0.29, 0.717) is 0 Å². The van der Waals surface area contributed by atoms with Crippen molar-refractivity contribution in [1.82, 2.24) is 4.57 Å². The maximum Gasteiger partial charge on any atom is 0.252 e. The van der Waals surface area contributed by atoms with Gasteiger partial charge >= 0.3 is 0 Å². The van der Waals surface area contributed by atoms with Gasteiger partial charge < -0.3 is 14.4 Å². The van der Waals surface area contributed by atoms with Crippen molar-refractivity contribution in [3.05, 3.63) is 264 Å². The molecule has 0 N–H and O–H groups in total. The largest absolute Gasteiger partial charge is 0.310 e. The summed E-state index contributed by atoms with van der Waals surface area (Å²) in [4.78, 5) is 5.53. The molecule has 1 aromatic heterocycles. The Morgan fingerprint density at radius 3 is 1.09 bits per heavy atom. The lowest BCUT2D eigenvalue weighted by molar-refractivity contribution is 0.590. The molecule has 470 valence electrons. The SMILES string of the molecule is CCCCc1ccc2c(c1)B1c3ccc(-n4c5ccc(CCCC)cc5c5cc(CCCC)ccc54)cc3N(c3c(-c4ccccc4)cc(C(C)(C)C)cc3-c3ccccc3)c3cc(CCCC)cc(c31)N2c1c(-c2ccccc2)cc(C(C)(C)C)cc1-c1ccccc1. The number of nitrogens with zero attached hydrogens (tertiary/aromatic N) is 3. The number of hydrogen-bond donors (Lipinski definition) is 0. The molecule has 0 bridgehead atoms. The van der Waals surface area contributed by atoms with E-state index in [9.17, 15) is 0 Å². The van der Waals surface area contributed by atoms with E-state index in [-0.39, 0.29) is 17.5 Å². The first kappa shape index (κ1) is 62.3. The van der Waals surface area contributed by atoms with E-state index in [1.807, 2.05) is 0 Å². The monoisotopic (exact) mass is 1230 g/mol. The molecular weight excluding hydrogens is 1130 g/mol. The van der Waals surface area contributed by atoms with Crippen molar-refractivity contribution < 1.29 is 0 Å². The molecule has 0 saturated heterocycles. The van der Waals surface area contributed by atoms with Crippen LogP contribution in [0.25, 0.3) is 72.0 Å². The number of aromatic nitrogens is 1. The first-order valence-electron chi connectivity index (χ1n) is 35.4. The molecule has 0 unspecified atom stereocenters. The first-order chi connectivity index (χ1) is 45.7. The Balaban J connectivity index is 1.16. The number of anilines is 6. The fourth-order valence-electron chi connectivity index (χ4n) is 15.2. The number of hydrogen-bond acceptors (Lipinski definition) is 2. The minimum absolute atomic E-state index is 0.109. The number of unbranched alkanes of at least 4 members (excludes halogenated alkanes) is 4. The van der Waals surface area contributed by atoms with Gasteiger partial charge in [0.2, 0.25) is 0 Å². The Hall–Kier alpha value is -9.12. The van der Waals surface area contributed by atoms with Crippen molar-refractivity contribution >= 4 is 79.0 Å². The van der Waals surface area contributed by atoms with Crippen LogP contribution in [-0.2, 0) is 36.5 Å². The smallest absolute Gasteiger partial charge is 0.252 e. The van der Waals surface area contributed by atoms with E-state index in [1.165, 1.54) is 182 Å². The molecule has 0 radical (unpaired) electrons. The molecular formula is C90H92BN3. The van der Waals surface area contributed by atoms with Gasteiger partial charge in [-0.3, -0.25) is 0 Å². The van der Waals surface area contributed by atoms with Crippen LogP contribution in [0.5, 0.6) is 0 Å². The zero-order valence-electron chi connectivity index (χ0n) is 57.3. The van der Waals surface area contributed by atoms with Crippen LogP contribution < -0.4 is 26.2 Å². The van der Waals surface area contributed by atoms with Crippen LogP contribution in [0.15, 0.2) is 231 Å². The number of aryl methyl sites for hydroxylation is 4. The first-order valence-corrected chi connectivity index (χ1v) is 35.4. The summed E-state index contributed by atoms with van der Waals surface area (Å²) in [6, 6.07) is 90.5. The Bertz CT molecular complexity index is 4550. The third kappa shape index (κ3) is 11.6. The minimum atomic E-state index is -0.151. The lowest BCUT2D eigenvalue weighted by Crippen LogP contribution is -2.61. The quantitative estimate of drug-likeness (QED) is 0.0748. The molecule has 0 fully saturated rings. The molecule has 0 amide bonds. The predicted molar refractivity (Wildman–Crippen MR) is 408 cm³/mol. The van der Waals surface area contributed by atoms with Crippen LogP contribution in [0.3, 0.4) is 0 Å². The summed E-state index contributed by atoms with van der Waals surface area (Å²) >= 11 is 0. The van der Waals surface area contributed by atoms with Crippen molar-refractivity contribution in [3.63, 3.8) is 0 Å². The molecule has 3 nitrogen and oxygen atoms in total. The Morgan fingerprint density at radius 2 is 0.691 bits per heavy atom. The second kappa shape index (κ2) is 26.0. The average Bonchev–Trinajstić information content (AvgIpc) is 0.757. The highest BCUT2D eigenvalue weighted by Crippen LogP contribution is 2.55. The summed E-state index contributed by atoms with van der Waals surface area (Å²) in [7, 11) is 0. The van der Waals surface area contributed by atoms with Gasteiger partial charge in [0, 0.05) is 61.5 Å². The molecule has 0 aliphatic carbocycles. The molecule has 3 heterocycles. The number of benzene rings is 11. The molecule has 12 aromatic rings. The van der Waals surface area contributed by atoms with Crippen LogP contribution in [0.4, 0.5) is 34.1 Å². The summed E-state index contributed by atoms with van der Waals surface area (Å²) in [5, 5.41) is 2.67. The molecule has 2 aliphatic rings. The molecule has 94 heavy (non-hydrogen) atoms. The zero-order chi connectivity index (χ0) is 64.8. The highest BCUT2D eigenvalue weighted by atomic mass is 15.2. The molecule has 4 heteroatoms. The van der Waals surface area contributed by atoms with Crippen LogP contribution >= 0.6 is 0 Å². The third-order valence-electron chi connectivity index (χ3n) is 20.3. The summed E-state index contributed by atoms with van der Waals surface area (Å²) in [6.07, 6.45) is 13.2. The van der Waals surface area contributed by atoms with Crippen molar-refractivity contribution in [2.75, 3.05) is 9.80 Å². The van der Waals surface area contributed by atoms with Gasteiger partial charge in [-0.1, -0.05) is 247 Å². The van der Waals surface area contributed by atoms with Gasteiger partial charge in [-0.25, -0.2) is 0 Å². The van der Waals surface area contributed by atoms with E-state index in [1.54, 1.807) is 0 Å². The van der Waals surface area contributed by atoms with E-state index in [2.05, 4.69) is 314 Å². The second-order valence-corrected chi connectivity index (χ2v) is 29.0. The van der Waals surface area contributed by atoms with Gasteiger partial charge in [0.1, 0.15) is 0 Å². The minimum Gasteiger partial charge on any atom is -0.310 e. The van der Waals surface area contributed by atoms with Crippen LogP contribution in [0.2, 0.25) is 0 Å². The molecule has 0 atom stereocenters. The zero-order valence-corrected chi connectivity index (χ0v) is 57.3. The maximum atomic E-state index is 2.78. The van der Waals surface area contributed by atoms with Crippen molar-refractivity contribution in [3.8, 4) is 50.2 Å². The predicted octanol–water partition coefficient (Wildman–Crippen LogP) is 23.5. The lowest BCUT2D eigenvalue weighted by Gasteiger charge is -2.46.